The molecule has 280 valence electrons. The highest BCUT2D eigenvalue weighted by atomic mass is 35.5. The lowest BCUT2D eigenvalue weighted by Gasteiger charge is -2.34. The van der Waals surface area contributed by atoms with E-state index in [-0.39, 0.29) is 11.5 Å². The molecule has 3 aromatic rings. The van der Waals surface area contributed by atoms with E-state index in [1.165, 1.54) is 16.7 Å². The number of unbranched alkanes of at least 4 members (excludes halogenated alkanes) is 1. The predicted octanol–water partition coefficient (Wildman–Crippen LogP) is 6.77. The first-order valence-electron chi connectivity index (χ1n) is 16.9. The van der Waals surface area contributed by atoms with E-state index >= 15 is 0 Å². The van der Waals surface area contributed by atoms with Gasteiger partial charge in [-0.05, 0) is 59.2 Å². The summed E-state index contributed by atoms with van der Waals surface area (Å²) in [6, 6.07) is 27.7. The van der Waals surface area contributed by atoms with E-state index in [4.69, 9.17) is 36.8 Å². The zero-order valence-electron chi connectivity index (χ0n) is 29.9. The van der Waals surface area contributed by atoms with Gasteiger partial charge in [-0.3, -0.25) is 4.90 Å². The van der Waals surface area contributed by atoms with Crippen molar-refractivity contribution in [1.29, 1.82) is 0 Å². The number of rotatable bonds is 14. The summed E-state index contributed by atoms with van der Waals surface area (Å²) in [4.78, 5) is 43.4. The molecule has 11 nitrogen and oxygen atoms in total. The molecule has 4 rings (SSSR count). The average molecular weight is 737 g/mol. The van der Waals surface area contributed by atoms with Crippen molar-refractivity contribution in [2.24, 2.45) is 0 Å². The van der Waals surface area contributed by atoms with Gasteiger partial charge in [0.2, 0.25) is 0 Å². The van der Waals surface area contributed by atoms with Gasteiger partial charge in [-0.15, -0.1) is 0 Å². The Kier molecular flexibility index (Phi) is 19.1. The molecule has 0 aromatic heterocycles. The van der Waals surface area contributed by atoms with Crippen molar-refractivity contribution in [3.8, 4) is 0 Å². The van der Waals surface area contributed by atoms with Gasteiger partial charge in [-0.2, -0.15) is 0 Å². The number of nitrogens with zero attached hydrogens (tertiary/aromatic N) is 2. The van der Waals surface area contributed by atoms with E-state index in [0.717, 1.165) is 69.3 Å². The largest absolute Gasteiger partial charge is 0.478 e. The summed E-state index contributed by atoms with van der Waals surface area (Å²) >= 11 is 6.10. The molecule has 4 N–H and O–H groups in total. The van der Waals surface area contributed by atoms with E-state index in [0.29, 0.717) is 24.3 Å². The van der Waals surface area contributed by atoms with Crippen LogP contribution in [0, 0.1) is 0 Å². The molecule has 1 unspecified atom stereocenters. The van der Waals surface area contributed by atoms with Crippen molar-refractivity contribution in [3.63, 3.8) is 0 Å². The minimum atomic E-state index is -1.26. The van der Waals surface area contributed by atoms with Crippen LogP contribution in [0.3, 0.4) is 0 Å². The highest BCUT2D eigenvalue weighted by Crippen LogP contribution is 2.27. The lowest BCUT2D eigenvalue weighted by Crippen LogP contribution is -2.46. The fourth-order valence-electron chi connectivity index (χ4n) is 5.11. The lowest BCUT2D eigenvalue weighted by molar-refractivity contribution is -0.134. The van der Waals surface area contributed by atoms with Crippen LogP contribution in [0.15, 0.2) is 103 Å². The Bertz CT molecular complexity index is 1530. The number of carboxylic acid groups (broad SMARTS) is 4. The molecule has 1 atom stereocenters. The van der Waals surface area contributed by atoms with Crippen LogP contribution in [-0.4, -0.2) is 93.4 Å². The van der Waals surface area contributed by atoms with Crippen LogP contribution in [0.2, 0.25) is 5.02 Å². The Balaban J connectivity index is 0.000000487. The summed E-state index contributed by atoms with van der Waals surface area (Å²) in [7, 11) is 0. The summed E-state index contributed by atoms with van der Waals surface area (Å²) < 4.78 is 6.39. The Morgan fingerprint density at radius 1 is 0.673 bits per heavy atom. The van der Waals surface area contributed by atoms with Crippen molar-refractivity contribution in [2.75, 3.05) is 39.3 Å². The maximum atomic E-state index is 9.55. The van der Waals surface area contributed by atoms with Gasteiger partial charge in [0.25, 0.3) is 0 Å². The smallest absolute Gasteiger partial charge is 0.328 e. The van der Waals surface area contributed by atoms with Gasteiger partial charge in [-0.1, -0.05) is 99.1 Å². The topological polar surface area (TPSA) is 165 Å². The third kappa shape index (κ3) is 18.4. The molecule has 1 heterocycles. The van der Waals surface area contributed by atoms with Crippen molar-refractivity contribution >= 4 is 35.5 Å². The van der Waals surface area contributed by atoms with Gasteiger partial charge in [0.05, 0.1) is 0 Å². The Labute approximate surface area is 310 Å². The molecule has 0 radical (unpaired) electrons. The second-order valence-electron chi connectivity index (χ2n) is 13.0. The number of hydrogen-bond acceptors (Lipinski definition) is 7. The van der Waals surface area contributed by atoms with Crippen LogP contribution < -0.4 is 0 Å². The second kappa shape index (κ2) is 22.9. The molecule has 0 aliphatic carbocycles. The monoisotopic (exact) mass is 736 g/mol. The van der Waals surface area contributed by atoms with Crippen molar-refractivity contribution in [2.45, 2.75) is 51.7 Å². The first-order chi connectivity index (χ1) is 24.6. The quantitative estimate of drug-likeness (QED) is 0.102. The zero-order chi connectivity index (χ0) is 38.5. The summed E-state index contributed by atoms with van der Waals surface area (Å²) in [5.74, 6) is -5.03. The summed E-state index contributed by atoms with van der Waals surface area (Å²) in [6.45, 7) is 14.4. The molecule has 52 heavy (non-hydrogen) atoms. The molecule has 0 spiro atoms. The minimum Gasteiger partial charge on any atom is -0.478 e. The fourth-order valence-corrected chi connectivity index (χ4v) is 5.24. The summed E-state index contributed by atoms with van der Waals surface area (Å²) in [5.41, 5.74) is 5.37. The van der Waals surface area contributed by atoms with Gasteiger partial charge in [-0.25, -0.2) is 19.2 Å². The van der Waals surface area contributed by atoms with Crippen molar-refractivity contribution < 1.29 is 44.3 Å². The van der Waals surface area contributed by atoms with Gasteiger partial charge < -0.3 is 30.1 Å². The SMILES string of the molecule is CC(C)(C)c1ccc(CN2CCN(CCCCOC(c3ccccc3)c3ccc(Cl)cc3)CC2)cc1.O=C(O)/C=C\C(=O)O.O=C(O)/C=C\C(=O)O. The van der Waals surface area contributed by atoms with Gasteiger partial charge in [0, 0.05) is 68.7 Å². The van der Waals surface area contributed by atoms with E-state index in [1.54, 1.807) is 0 Å². The molecule has 0 amide bonds. The van der Waals surface area contributed by atoms with Crippen LogP contribution in [-0.2, 0) is 35.9 Å². The Morgan fingerprint density at radius 3 is 1.60 bits per heavy atom. The number of carbonyl (C=O) groups is 4. The molecular formula is C40H49ClN2O9. The Morgan fingerprint density at radius 2 is 1.13 bits per heavy atom. The number of halogens is 1. The van der Waals surface area contributed by atoms with E-state index in [2.05, 4.69) is 91.2 Å². The number of ether oxygens (including phenoxy) is 1. The number of hydrogen-bond donors (Lipinski definition) is 4. The highest BCUT2D eigenvalue weighted by molar-refractivity contribution is 6.30. The second-order valence-corrected chi connectivity index (χ2v) is 13.4. The van der Waals surface area contributed by atoms with E-state index in [9.17, 15) is 19.2 Å². The maximum absolute atomic E-state index is 9.55. The number of piperazine rings is 1. The molecule has 0 saturated carbocycles. The molecule has 0 bridgehead atoms. The van der Waals surface area contributed by atoms with Gasteiger partial charge in [0.15, 0.2) is 0 Å². The summed E-state index contributed by atoms with van der Waals surface area (Å²) in [6.07, 6.45) is 4.41. The standard InChI is InChI=1S/C32H41ClN2O.2C4H4O4/c1-32(2,3)29-15-11-26(12-16-29)25-35-22-20-34(21-23-35)19-7-8-24-36-31(27-9-5-4-6-10-27)28-13-17-30(33)18-14-28;2*5-3(6)1-2-4(7)8/h4-6,9-18,31H,7-8,19-25H2,1-3H3;2*1-2H,(H,5,6)(H,7,8)/b;2*2-1-. The first-order valence-corrected chi connectivity index (χ1v) is 17.3. The average Bonchev–Trinajstić information content (AvgIpc) is 3.10. The lowest BCUT2D eigenvalue weighted by atomic mass is 9.87. The maximum Gasteiger partial charge on any atom is 0.328 e. The third-order valence-electron chi connectivity index (χ3n) is 7.86. The normalized spacial score (nSPS) is 14.2. The first kappa shape index (κ1) is 43.4. The molecule has 1 saturated heterocycles. The van der Waals surface area contributed by atoms with E-state index in [1.807, 2.05) is 18.2 Å². The number of benzene rings is 3. The number of carboxylic acids is 4. The minimum absolute atomic E-state index is 0.0514. The molecule has 3 aromatic carbocycles. The zero-order valence-corrected chi connectivity index (χ0v) is 30.6. The van der Waals surface area contributed by atoms with Crippen LogP contribution in [0.4, 0.5) is 0 Å². The Hall–Kier alpha value is -4.81. The molecule has 1 aliphatic rings. The van der Waals surface area contributed by atoms with Gasteiger partial charge >= 0.3 is 23.9 Å². The highest BCUT2D eigenvalue weighted by Gasteiger charge is 2.18. The fraction of sp³-hybridized carbons (Fsp3) is 0.350. The summed E-state index contributed by atoms with van der Waals surface area (Å²) in [5, 5.41) is 32.0. The van der Waals surface area contributed by atoms with Crippen LogP contribution >= 0.6 is 11.6 Å². The predicted molar refractivity (Wildman–Crippen MR) is 201 cm³/mol. The molecule has 12 heteroatoms. The number of aliphatic carboxylic acids is 4. The van der Waals surface area contributed by atoms with Crippen LogP contribution in [0.25, 0.3) is 0 Å². The van der Waals surface area contributed by atoms with Crippen molar-refractivity contribution in [3.05, 3.63) is 130 Å². The molecule has 1 fully saturated rings. The van der Waals surface area contributed by atoms with Crippen molar-refractivity contribution in [1.82, 2.24) is 9.80 Å². The van der Waals surface area contributed by atoms with E-state index < -0.39 is 23.9 Å². The molecule has 1 aliphatic heterocycles. The van der Waals surface area contributed by atoms with Crippen LogP contribution in [0.5, 0.6) is 0 Å². The third-order valence-corrected chi connectivity index (χ3v) is 8.11. The molecular weight excluding hydrogens is 688 g/mol. The van der Waals surface area contributed by atoms with Crippen LogP contribution in [0.1, 0.15) is 62.0 Å². The van der Waals surface area contributed by atoms with Gasteiger partial charge in [0.1, 0.15) is 6.10 Å².